The number of fused-ring (bicyclic) bond motifs is 4. The van der Waals surface area contributed by atoms with Crippen molar-refractivity contribution in [3.8, 4) is 0 Å². The zero-order chi connectivity index (χ0) is 24.5. The summed E-state index contributed by atoms with van der Waals surface area (Å²) in [5, 5.41) is 4.60. The minimum absolute atomic E-state index is 0.420. The van der Waals surface area contributed by atoms with Crippen molar-refractivity contribution >= 4 is 33.5 Å². The van der Waals surface area contributed by atoms with E-state index in [1.807, 2.05) is 24.3 Å². The lowest BCUT2D eigenvalue weighted by Crippen LogP contribution is -2.33. The molecule has 0 N–H and O–H groups in total. The lowest BCUT2D eigenvalue weighted by Gasteiger charge is -2.33. The van der Waals surface area contributed by atoms with E-state index in [2.05, 4.69) is 36.4 Å². The number of carbonyl (C=O) groups excluding carboxylic acids is 2. The summed E-state index contributed by atoms with van der Waals surface area (Å²) in [7, 11) is 0. The molecular formula is C32H24O4. The second-order valence-corrected chi connectivity index (χ2v) is 9.10. The molecule has 1 aliphatic carbocycles. The van der Waals surface area contributed by atoms with Gasteiger partial charge >= 0.3 is 11.9 Å². The molecule has 1 aliphatic rings. The first-order valence-corrected chi connectivity index (χ1v) is 12.1. The Balaban J connectivity index is 1.41. The van der Waals surface area contributed by atoms with Crippen LogP contribution in [0.15, 0.2) is 109 Å². The van der Waals surface area contributed by atoms with Gasteiger partial charge in [-0.3, -0.25) is 0 Å². The van der Waals surface area contributed by atoms with Crippen LogP contribution in [-0.4, -0.2) is 18.0 Å². The van der Waals surface area contributed by atoms with Gasteiger partial charge in [0.15, 0.2) is 6.10 Å². The van der Waals surface area contributed by atoms with Gasteiger partial charge in [0, 0.05) is 5.56 Å². The maximum absolute atomic E-state index is 13.1. The first-order valence-electron chi connectivity index (χ1n) is 12.1. The second-order valence-electron chi connectivity index (χ2n) is 9.10. The third kappa shape index (κ3) is 4.11. The van der Waals surface area contributed by atoms with E-state index < -0.39 is 24.1 Å². The molecular weight excluding hydrogens is 448 g/mol. The molecule has 0 spiro atoms. The van der Waals surface area contributed by atoms with Crippen molar-refractivity contribution in [1.29, 1.82) is 0 Å². The van der Waals surface area contributed by atoms with E-state index >= 15 is 0 Å². The fraction of sp³-hybridized carbons (Fsp3) is 0.125. The van der Waals surface area contributed by atoms with Gasteiger partial charge in [-0.1, -0.05) is 78.9 Å². The average Bonchev–Trinajstić information content (AvgIpc) is 2.94. The monoisotopic (exact) mass is 472 g/mol. The summed E-state index contributed by atoms with van der Waals surface area (Å²) in [6, 6.07) is 34.6. The molecule has 0 unspecified atom stereocenters. The molecule has 5 aromatic carbocycles. The number of ether oxygens (including phenoxy) is 2. The van der Waals surface area contributed by atoms with E-state index in [4.69, 9.17) is 9.47 Å². The number of hydrogen-bond donors (Lipinski definition) is 0. The molecule has 5 aromatic rings. The Kier molecular flexibility index (Phi) is 5.70. The average molecular weight is 473 g/mol. The molecule has 2 atom stereocenters. The standard InChI is InChI=1S/C32H24O4/c33-31(22-10-3-1-4-11-22)35-29-18-17-25-19-27-24(16-15-21-9-7-8-14-26(21)27)20-28(25)30(29)36-32(34)23-12-5-2-6-13-23/h1-16,19-20,29-30H,17-18H2/t29-,30-/m1/s1. The third-order valence-corrected chi connectivity index (χ3v) is 6.86. The van der Waals surface area contributed by atoms with Crippen LogP contribution < -0.4 is 0 Å². The molecule has 0 aliphatic heterocycles. The molecule has 176 valence electrons. The number of aryl methyl sites for hydroxylation is 1. The summed E-state index contributed by atoms with van der Waals surface area (Å²) in [6.45, 7) is 0. The Morgan fingerprint density at radius 2 is 1.22 bits per heavy atom. The van der Waals surface area contributed by atoms with Crippen LogP contribution in [0.4, 0.5) is 0 Å². The van der Waals surface area contributed by atoms with Gasteiger partial charge < -0.3 is 9.47 Å². The molecule has 0 saturated heterocycles. The van der Waals surface area contributed by atoms with Crippen molar-refractivity contribution < 1.29 is 19.1 Å². The first kappa shape index (κ1) is 22.1. The van der Waals surface area contributed by atoms with Crippen LogP contribution in [0.1, 0.15) is 44.4 Å². The molecule has 0 radical (unpaired) electrons. The SMILES string of the molecule is O=C(O[C@@H]1c2cc3ccc4ccccc4c3cc2CC[C@H]1OC(=O)c1ccccc1)c1ccccc1. The lowest BCUT2D eigenvalue weighted by molar-refractivity contribution is -0.0436. The smallest absolute Gasteiger partial charge is 0.338 e. The summed E-state index contributed by atoms with van der Waals surface area (Å²) in [4.78, 5) is 26.0. The Hall–Kier alpha value is -4.44. The van der Waals surface area contributed by atoms with Crippen LogP contribution in [-0.2, 0) is 15.9 Å². The van der Waals surface area contributed by atoms with Gasteiger partial charge in [0.1, 0.15) is 6.10 Å². The predicted octanol–water partition coefficient (Wildman–Crippen LogP) is 7.06. The Labute approximate surface area is 209 Å². The maximum Gasteiger partial charge on any atom is 0.338 e. The molecule has 4 heteroatoms. The Bertz CT molecular complexity index is 1570. The number of esters is 2. The third-order valence-electron chi connectivity index (χ3n) is 6.86. The van der Waals surface area contributed by atoms with E-state index in [1.54, 1.807) is 48.5 Å². The van der Waals surface area contributed by atoms with E-state index in [-0.39, 0.29) is 0 Å². The highest BCUT2D eigenvalue weighted by Crippen LogP contribution is 2.39. The van der Waals surface area contributed by atoms with E-state index in [0.29, 0.717) is 17.5 Å². The lowest BCUT2D eigenvalue weighted by atomic mass is 9.84. The largest absolute Gasteiger partial charge is 0.454 e. The molecule has 4 nitrogen and oxygen atoms in total. The minimum Gasteiger partial charge on any atom is -0.454 e. The highest BCUT2D eigenvalue weighted by Gasteiger charge is 2.36. The normalized spacial score (nSPS) is 16.9. The van der Waals surface area contributed by atoms with Crippen LogP contribution in [0.3, 0.4) is 0 Å². The quantitative estimate of drug-likeness (QED) is 0.207. The van der Waals surface area contributed by atoms with Crippen molar-refractivity contribution in [3.63, 3.8) is 0 Å². The fourth-order valence-corrected chi connectivity index (χ4v) is 5.05. The second kappa shape index (κ2) is 9.31. The van der Waals surface area contributed by atoms with E-state index in [1.165, 1.54) is 16.2 Å². The predicted molar refractivity (Wildman–Crippen MR) is 140 cm³/mol. The van der Waals surface area contributed by atoms with E-state index in [0.717, 1.165) is 22.9 Å². The van der Waals surface area contributed by atoms with Crippen molar-refractivity contribution in [3.05, 3.63) is 131 Å². The van der Waals surface area contributed by atoms with Gasteiger partial charge in [0.2, 0.25) is 0 Å². The van der Waals surface area contributed by atoms with Gasteiger partial charge in [-0.05, 0) is 70.3 Å². The van der Waals surface area contributed by atoms with Crippen molar-refractivity contribution in [2.24, 2.45) is 0 Å². The highest BCUT2D eigenvalue weighted by molar-refractivity contribution is 6.08. The van der Waals surface area contributed by atoms with Crippen molar-refractivity contribution in [2.75, 3.05) is 0 Å². The summed E-state index contributed by atoms with van der Waals surface area (Å²) in [5.74, 6) is -0.857. The summed E-state index contributed by atoms with van der Waals surface area (Å²) in [6.07, 6.45) is -0.00405. The topological polar surface area (TPSA) is 52.6 Å². The molecule has 0 bridgehead atoms. The molecule has 0 saturated carbocycles. The Morgan fingerprint density at radius 3 is 1.94 bits per heavy atom. The van der Waals surface area contributed by atoms with Crippen LogP contribution in [0.5, 0.6) is 0 Å². The maximum atomic E-state index is 13.1. The minimum atomic E-state index is -0.704. The van der Waals surface area contributed by atoms with E-state index in [9.17, 15) is 9.59 Å². The van der Waals surface area contributed by atoms with Crippen LogP contribution >= 0.6 is 0 Å². The summed E-state index contributed by atoms with van der Waals surface area (Å²) in [5.41, 5.74) is 2.93. The van der Waals surface area contributed by atoms with Gasteiger partial charge in [0.05, 0.1) is 11.1 Å². The van der Waals surface area contributed by atoms with Crippen molar-refractivity contribution in [2.45, 2.75) is 25.0 Å². The zero-order valence-corrected chi connectivity index (χ0v) is 19.6. The van der Waals surface area contributed by atoms with Gasteiger partial charge in [-0.15, -0.1) is 0 Å². The molecule has 0 aromatic heterocycles. The Morgan fingerprint density at radius 1 is 0.611 bits per heavy atom. The molecule has 0 amide bonds. The van der Waals surface area contributed by atoms with Crippen LogP contribution in [0.2, 0.25) is 0 Å². The molecule has 0 fully saturated rings. The van der Waals surface area contributed by atoms with Gasteiger partial charge in [-0.2, -0.15) is 0 Å². The van der Waals surface area contributed by atoms with Crippen molar-refractivity contribution in [1.82, 2.24) is 0 Å². The number of benzene rings is 5. The summed E-state index contributed by atoms with van der Waals surface area (Å²) >= 11 is 0. The molecule has 0 heterocycles. The zero-order valence-electron chi connectivity index (χ0n) is 19.6. The highest BCUT2D eigenvalue weighted by atomic mass is 16.6. The first-order chi connectivity index (χ1) is 17.7. The molecule has 36 heavy (non-hydrogen) atoms. The fourth-order valence-electron chi connectivity index (χ4n) is 5.05. The van der Waals surface area contributed by atoms with Gasteiger partial charge in [-0.25, -0.2) is 9.59 Å². The molecule has 6 rings (SSSR count). The van der Waals surface area contributed by atoms with Crippen LogP contribution in [0, 0.1) is 0 Å². The summed E-state index contributed by atoms with van der Waals surface area (Å²) < 4.78 is 12.0. The van der Waals surface area contributed by atoms with Gasteiger partial charge in [0.25, 0.3) is 0 Å². The number of hydrogen-bond acceptors (Lipinski definition) is 4. The number of rotatable bonds is 4. The van der Waals surface area contributed by atoms with Crippen LogP contribution in [0.25, 0.3) is 21.5 Å². The number of carbonyl (C=O) groups is 2.